The van der Waals surface area contributed by atoms with E-state index < -0.39 is 0 Å². The van der Waals surface area contributed by atoms with Crippen molar-refractivity contribution in [3.05, 3.63) is 52.7 Å². The van der Waals surface area contributed by atoms with Crippen LogP contribution < -0.4 is 0 Å². The lowest BCUT2D eigenvalue weighted by molar-refractivity contribution is 0.101. The fourth-order valence-corrected chi connectivity index (χ4v) is 1.91. The number of ketones is 1. The third-order valence-electron chi connectivity index (χ3n) is 2.53. The van der Waals surface area contributed by atoms with E-state index in [2.05, 4.69) is 4.98 Å². The number of halogens is 1. The van der Waals surface area contributed by atoms with Crippen LogP contribution in [0.5, 0.6) is 0 Å². The lowest BCUT2D eigenvalue weighted by Crippen LogP contribution is -1.92. The Bertz CT molecular complexity index is 541. The van der Waals surface area contributed by atoms with Crippen LogP contribution in [-0.2, 0) is 0 Å². The Morgan fingerprint density at radius 2 is 1.82 bits per heavy atom. The number of Topliss-reactive ketones (excluding diaryl/α,β-unsaturated/α-hetero) is 1. The normalized spacial score (nSPS) is 10.3. The third kappa shape index (κ3) is 2.71. The van der Waals surface area contributed by atoms with Gasteiger partial charge in [-0.15, -0.1) is 0 Å². The SMILES string of the molecule is CC(=O)c1ccc(-c2cc(C)cc(Cl)n2)cc1. The summed E-state index contributed by atoms with van der Waals surface area (Å²) in [6, 6.07) is 11.2. The molecule has 0 aliphatic heterocycles. The highest BCUT2D eigenvalue weighted by Gasteiger charge is 2.03. The Hall–Kier alpha value is -1.67. The first-order chi connectivity index (χ1) is 8.06. The molecule has 3 heteroatoms. The number of hydrogen-bond donors (Lipinski definition) is 0. The van der Waals surface area contributed by atoms with Crippen molar-refractivity contribution in [1.82, 2.24) is 4.98 Å². The zero-order valence-electron chi connectivity index (χ0n) is 9.70. The molecule has 0 aliphatic carbocycles. The minimum absolute atomic E-state index is 0.0618. The Morgan fingerprint density at radius 1 is 1.18 bits per heavy atom. The summed E-state index contributed by atoms with van der Waals surface area (Å²) in [6.07, 6.45) is 0. The van der Waals surface area contributed by atoms with Gasteiger partial charge in [0.1, 0.15) is 5.15 Å². The summed E-state index contributed by atoms with van der Waals surface area (Å²) < 4.78 is 0. The highest BCUT2D eigenvalue weighted by atomic mass is 35.5. The Morgan fingerprint density at radius 3 is 2.35 bits per heavy atom. The van der Waals surface area contributed by atoms with Crippen LogP contribution in [-0.4, -0.2) is 10.8 Å². The monoisotopic (exact) mass is 245 g/mol. The lowest BCUT2D eigenvalue weighted by Gasteiger charge is -2.04. The van der Waals surface area contributed by atoms with Crippen LogP contribution in [0, 0.1) is 6.92 Å². The summed E-state index contributed by atoms with van der Waals surface area (Å²) in [7, 11) is 0. The van der Waals surface area contributed by atoms with E-state index in [0.29, 0.717) is 10.7 Å². The largest absolute Gasteiger partial charge is 0.295 e. The van der Waals surface area contributed by atoms with E-state index in [1.807, 2.05) is 31.2 Å². The van der Waals surface area contributed by atoms with E-state index in [9.17, 15) is 4.79 Å². The van der Waals surface area contributed by atoms with Crippen molar-refractivity contribution in [3.8, 4) is 11.3 Å². The van der Waals surface area contributed by atoms with Gasteiger partial charge in [0.15, 0.2) is 5.78 Å². The molecule has 0 bridgehead atoms. The van der Waals surface area contributed by atoms with Gasteiger partial charge < -0.3 is 0 Å². The molecular formula is C14H12ClNO. The van der Waals surface area contributed by atoms with E-state index in [-0.39, 0.29) is 5.78 Å². The molecule has 0 saturated carbocycles. The van der Waals surface area contributed by atoms with Crippen molar-refractivity contribution in [2.45, 2.75) is 13.8 Å². The second-order valence-corrected chi connectivity index (χ2v) is 4.37. The fraction of sp³-hybridized carbons (Fsp3) is 0.143. The van der Waals surface area contributed by atoms with Crippen LogP contribution >= 0.6 is 11.6 Å². The second kappa shape index (κ2) is 4.68. The van der Waals surface area contributed by atoms with Gasteiger partial charge in [0.05, 0.1) is 5.69 Å². The minimum Gasteiger partial charge on any atom is -0.295 e. The topological polar surface area (TPSA) is 30.0 Å². The Balaban J connectivity index is 2.43. The molecule has 2 rings (SSSR count). The zero-order valence-corrected chi connectivity index (χ0v) is 10.5. The molecule has 17 heavy (non-hydrogen) atoms. The van der Waals surface area contributed by atoms with Crippen LogP contribution in [0.25, 0.3) is 11.3 Å². The van der Waals surface area contributed by atoms with Gasteiger partial charge in [-0.2, -0.15) is 0 Å². The maximum absolute atomic E-state index is 11.2. The molecule has 2 nitrogen and oxygen atoms in total. The first-order valence-corrected chi connectivity index (χ1v) is 5.69. The summed E-state index contributed by atoms with van der Waals surface area (Å²) in [6.45, 7) is 3.53. The minimum atomic E-state index is 0.0618. The van der Waals surface area contributed by atoms with E-state index in [1.165, 1.54) is 0 Å². The molecule has 0 unspecified atom stereocenters. The third-order valence-corrected chi connectivity index (χ3v) is 2.72. The summed E-state index contributed by atoms with van der Waals surface area (Å²) in [4.78, 5) is 15.4. The first-order valence-electron chi connectivity index (χ1n) is 5.32. The van der Waals surface area contributed by atoms with Crippen molar-refractivity contribution < 1.29 is 4.79 Å². The fourth-order valence-electron chi connectivity index (χ4n) is 1.65. The van der Waals surface area contributed by atoms with Gasteiger partial charge in [-0.1, -0.05) is 35.9 Å². The van der Waals surface area contributed by atoms with Crippen LogP contribution in [0.15, 0.2) is 36.4 Å². The maximum atomic E-state index is 11.2. The quantitative estimate of drug-likeness (QED) is 0.593. The number of nitrogens with zero attached hydrogens (tertiary/aromatic N) is 1. The number of carbonyl (C=O) groups excluding carboxylic acids is 1. The molecule has 1 heterocycles. The van der Waals surface area contributed by atoms with Crippen LogP contribution in [0.1, 0.15) is 22.8 Å². The summed E-state index contributed by atoms with van der Waals surface area (Å²) in [5, 5.41) is 0.482. The molecular weight excluding hydrogens is 234 g/mol. The van der Waals surface area contributed by atoms with Gasteiger partial charge in [-0.3, -0.25) is 4.79 Å². The van der Waals surface area contributed by atoms with Crippen molar-refractivity contribution in [2.75, 3.05) is 0 Å². The van der Waals surface area contributed by atoms with Gasteiger partial charge in [-0.25, -0.2) is 4.98 Å². The predicted octanol–water partition coefficient (Wildman–Crippen LogP) is 3.91. The van der Waals surface area contributed by atoms with Gasteiger partial charge >= 0.3 is 0 Å². The molecule has 0 aliphatic rings. The lowest BCUT2D eigenvalue weighted by atomic mass is 10.1. The van der Waals surface area contributed by atoms with Gasteiger partial charge in [0, 0.05) is 11.1 Å². The number of carbonyl (C=O) groups is 1. The average molecular weight is 246 g/mol. The van der Waals surface area contributed by atoms with Gasteiger partial charge in [0.25, 0.3) is 0 Å². The number of aryl methyl sites for hydroxylation is 1. The zero-order chi connectivity index (χ0) is 12.4. The van der Waals surface area contributed by atoms with Gasteiger partial charge in [-0.05, 0) is 31.5 Å². The molecule has 0 spiro atoms. The molecule has 0 atom stereocenters. The second-order valence-electron chi connectivity index (χ2n) is 3.99. The molecule has 1 aromatic carbocycles. The maximum Gasteiger partial charge on any atom is 0.159 e. The van der Waals surface area contributed by atoms with Crippen LogP contribution in [0.3, 0.4) is 0 Å². The first kappa shape index (κ1) is 11.8. The number of rotatable bonds is 2. The van der Waals surface area contributed by atoms with E-state index in [4.69, 9.17) is 11.6 Å². The number of hydrogen-bond acceptors (Lipinski definition) is 2. The summed E-state index contributed by atoms with van der Waals surface area (Å²) in [5.74, 6) is 0.0618. The van der Waals surface area contributed by atoms with Crippen molar-refractivity contribution in [2.24, 2.45) is 0 Å². The number of aromatic nitrogens is 1. The standard InChI is InChI=1S/C14H12ClNO/c1-9-7-13(16-14(15)8-9)12-5-3-11(4-6-12)10(2)17/h3-8H,1-2H3. The molecule has 1 aromatic heterocycles. The Labute approximate surface area is 105 Å². The van der Waals surface area contributed by atoms with E-state index in [0.717, 1.165) is 16.8 Å². The molecule has 0 N–H and O–H groups in total. The summed E-state index contributed by atoms with van der Waals surface area (Å²) >= 11 is 5.92. The molecule has 0 amide bonds. The van der Waals surface area contributed by atoms with E-state index >= 15 is 0 Å². The smallest absolute Gasteiger partial charge is 0.159 e. The van der Waals surface area contributed by atoms with Crippen LogP contribution in [0.4, 0.5) is 0 Å². The highest BCUT2D eigenvalue weighted by molar-refractivity contribution is 6.29. The van der Waals surface area contributed by atoms with Crippen LogP contribution in [0.2, 0.25) is 5.15 Å². The molecule has 86 valence electrons. The highest BCUT2D eigenvalue weighted by Crippen LogP contribution is 2.21. The van der Waals surface area contributed by atoms with Crippen molar-refractivity contribution >= 4 is 17.4 Å². The number of benzene rings is 1. The van der Waals surface area contributed by atoms with E-state index in [1.54, 1.807) is 19.1 Å². The van der Waals surface area contributed by atoms with Crippen molar-refractivity contribution in [3.63, 3.8) is 0 Å². The molecule has 2 aromatic rings. The molecule has 0 saturated heterocycles. The Kier molecular flexibility index (Phi) is 3.25. The predicted molar refractivity (Wildman–Crippen MR) is 69.4 cm³/mol. The van der Waals surface area contributed by atoms with Crippen molar-refractivity contribution in [1.29, 1.82) is 0 Å². The van der Waals surface area contributed by atoms with Gasteiger partial charge in [0.2, 0.25) is 0 Å². The molecule has 0 fully saturated rings. The summed E-state index contributed by atoms with van der Waals surface area (Å²) in [5.41, 5.74) is 3.55. The average Bonchev–Trinajstić information content (AvgIpc) is 2.28. The number of pyridine rings is 1. The molecule has 0 radical (unpaired) electrons.